The lowest BCUT2D eigenvalue weighted by Crippen LogP contribution is -2.46. The first-order chi connectivity index (χ1) is 10.3. The standard InChI is InChI=1S/C18H28N2O/c1-2-10-19-13-18(9-12-21-15-18)14-20-11-5-7-16-6-3-4-8-17(16)20/h3-4,6,8,19H,2,5,7,9-15H2,1H3. The Morgan fingerprint density at radius 3 is 3.05 bits per heavy atom. The van der Waals surface area contributed by atoms with E-state index in [9.17, 15) is 0 Å². The van der Waals surface area contributed by atoms with Gasteiger partial charge in [-0.25, -0.2) is 0 Å². The summed E-state index contributed by atoms with van der Waals surface area (Å²) in [5.41, 5.74) is 3.25. The number of fused-ring (bicyclic) bond motifs is 1. The van der Waals surface area contributed by atoms with Gasteiger partial charge in [0.05, 0.1) is 6.61 Å². The Bertz CT molecular complexity index is 454. The fraction of sp³-hybridized carbons (Fsp3) is 0.667. The third-order valence-corrected chi connectivity index (χ3v) is 4.84. The molecule has 2 aliphatic rings. The summed E-state index contributed by atoms with van der Waals surface area (Å²) < 4.78 is 5.75. The van der Waals surface area contributed by atoms with E-state index in [4.69, 9.17) is 4.74 Å². The molecule has 1 N–H and O–H groups in total. The van der Waals surface area contributed by atoms with Crippen LogP contribution in [-0.4, -0.2) is 39.4 Å². The summed E-state index contributed by atoms with van der Waals surface area (Å²) in [6.07, 6.45) is 4.88. The van der Waals surface area contributed by atoms with Crippen LogP contribution in [0.5, 0.6) is 0 Å². The zero-order chi connectivity index (χ0) is 14.5. The first-order valence-electron chi connectivity index (χ1n) is 8.44. The van der Waals surface area contributed by atoms with Gasteiger partial charge >= 0.3 is 0 Å². The van der Waals surface area contributed by atoms with E-state index in [0.717, 1.165) is 32.8 Å². The van der Waals surface area contributed by atoms with Crippen molar-refractivity contribution < 1.29 is 4.74 Å². The van der Waals surface area contributed by atoms with Crippen molar-refractivity contribution >= 4 is 5.69 Å². The van der Waals surface area contributed by atoms with Crippen LogP contribution in [0.1, 0.15) is 31.7 Å². The highest BCUT2D eigenvalue weighted by Crippen LogP contribution is 2.34. The Balaban J connectivity index is 1.71. The number of ether oxygens (including phenoxy) is 1. The van der Waals surface area contributed by atoms with E-state index in [1.165, 1.54) is 43.5 Å². The van der Waals surface area contributed by atoms with E-state index in [1.54, 1.807) is 0 Å². The molecule has 1 saturated heterocycles. The van der Waals surface area contributed by atoms with Gasteiger partial charge in [0.1, 0.15) is 0 Å². The largest absolute Gasteiger partial charge is 0.381 e. The molecule has 2 heterocycles. The number of para-hydroxylation sites is 1. The van der Waals surface area contributed by atoms with Crippen LogP contribution in [0.25, 0.3) is 0 Å². The molecule has 1 unspecified atom stereocenters. The molecule has 0 radical (unpaired) electrons. The third-order valence-electron chi connectivity index (χ3n) is 4.84. The zero-order valence-corrected chi connectivity index (χ0v) is 13.2. The minimum Gasteiger partial charge on any atom is -0.381 e. The van der Waals surface area contributed by atoms with E-state index >= 15 is 0 Å². The maximum atomic E-state index is 5.75. The smallest absolute Gasteiger partial charge is 0.0552 e. The lowest BCUT2D eigenvalue weighted by atomic mass is 9.85. The summed E-state index contributed by atoms with van der Waals surface area (Å²) in [5.74, 6) is 0. The van der Waals surface area contributed by atoms with Crippen molar-refractivity contribution in [1.82, 2.24) is 5.32 Å². The molecule has 3 heteroatoms. The molecule has 21 heavy (non-hydrogen) atoms. The van der Waals surface area contributed by atoms with Crippen LogP contribution in [0.2, 0.25) is 0 Å². The Kier molecular flexibility index (Phi) is 4.81. The average molecular weight is 288 g/mol. The first kappa shape index (κ1) is 14.9. The van der Waals surface area contributed by atoms with Crippen molar-refractivity contribution in [2.24, 2.45) is 5.41 Å². The summed E-state index contributed by atoms with van der Waals surface area (Å²) in [6.45, 7) is 8.56. The van der Waals surface area contributed by atoms with Crippen LogP contribution in [-0.2, 0) is 11.2 Å². The molecule has 3 rings (SSSR count). The van der Waals surface area contributed by atoms with Gasteiger partial charge in [0.2, 0.25) is 0 Å². The van der Waals surface area contributed by atoms with E-state index in [1.807, 2.05) is 0 Å². The number of nitrogens with zero attached hydrogens (tertiary/aromatic N) is 1. The predicted octanol–water partition coefficient (Wildman–Crippen LogP) is 2.85. The quantitative estimate of drug-likeness (QED) is 0.815. The van der Waals surface area contributed by atoms with E-state index < -0.39 is 0 Å². The molecular weight excluding hydrogens is 260 g/mol. The molecule has 1 aromatic rings. The Labute approximate surface area is 128 Å². The van der Waals surface area contributed by atoms with Crippen molar-refractivity contribution in [3.63, 3.8) is 0 Å². The minimum atomic E-state index is 0.291. The average Bonchev–Trinajstić information content (AvgIpc) is 2.97. The summed E-state index contributed by atoms with van der Waals surface area (Å²) >= 11 is 0. The molecular formula is C18H28N2O. The molecule has 0 bridgehead atoms. The maximum absolute atomic E-state index is 5.75. The monoisotopic (exact) mass is 288 g/mol. The van der Waals surface area contributed by atoms with Gasteiger partial charge in [0.15, 0.2) is 0 Å². The molecule has 2 aliphatic heterocycles. The fourth-order valence-corrected chi connectivity index (χ4v) is 3.68. The maximum Gasteiger partial charge on any atom is 0.0552 e. The Morgan fingerprint density at radius 2 is 2.24 bits per heavy atom. The van der Waals surface area contributed by atoms with Gasteiger partial charge in [0.25, 0.3) is 0 Å². The second kappa shape index (κ2) is 6.80. The molecule has 116 valence electrons. The highest BCUT2D eigenvalue weighted by molar-refractivity contribution is 5.55. The van der Waals surface area contributed by atoms with Crippen LogP contribution in [0, 0.1) is 5.41 Å². The van der Waals surface area contributed by atoms with Crippen molar-refractivity contribution in [2.75, 3.05) is 44.3 Å². The lowest BCUT2D eigenvalue weighted by molar-refractivity contribution is 0.151. The SMILES string of the molecule is CCCNCC1(CN2CCCc3ccccc32)CCOC1. The second-order valence-corrected chi connectivity index (χ2v) is 6.63. The van der Waals surface area contributed by atoms with Crippen LogP contribution >= 0.6 is 0 Å². The van der Waals surface area contributed by atoms with Gasteiger partial charge in [0, 0.05) is 37.3 Å². The van der Waals surface area contributed by atoms with E-state index in [0.29, 0.717) is 5.41 Å². The number of aryl methyl sites for hydroxylation is 1. The van der Waals surface area contributed by atoms with Gasteiger partial charge in [-0.05, 0) is 43.9 Å². The van der Waals surface area contributed by atoms with Gasteiger partial charge < -0.3 is 15.0 Å². The predicted molar refractivity (Wildman–Crippen MR) is 88.0 cm³/mol. The van der Waals surface area contributed by atoms with Crippen LogP contribution in [0.3, 0.4) is 0 Å². The normalized spacial score (nSPS) is 25.1. The molecule has 0 saturated carbocycles. The van der Waals surface area contributed by atoms with Gasteiger partial charge in [-0.15, -0.1) is 0 Å². The lowest BCUT2D eigenvalue weighted by Gasteiger charge is -2.39. The molecule has 3 nitrogen and oxygen atoms in total. The van der Waals surface area contributed by atoms with Crippen LogP contribution < -0.4 is 10.2 Å². The number of anilines is 1. The van der Waals surface area contributed by atoms with Crippen LogP contribution in [0.15, 0.2) is 24.3 Å². The van der Waals surface area contributed by atoms with Crippen molar-refractivity contribution in [3.8, 4) is 0 Å². The van der Waals surface area contributed by atoms with Crippen molar-refractivity contribution in [3.05, 3.63) is 29.8 Å². The highest BCUT2D eigenvalue weighted by atomic mass is 16.5. The van der Waals surface area contributed by atoms with Crippen LogP contribution in [0.4, 0.5) is 5.69 Å². The topological polar surface area (TPSA) is 24.5 Å². The summed E-state index contributed by atoms with van der Waals surface area (Å²) in [5, 5.41) is 3.62. The fourth-order valence-electron chi connectivity index (χ4n) is 3.68. The number of hydrogen-bond donors (Lipinski definition) is 1. The van der Waals surface area contributed by atoms with E-state index in [-0.39, 0.29) is 0 Å². The molecule has 0 amide bonds. The zero-order valence-electron chi connectivity index (χ0n) is 13.2. The molecule has 0 aliphatic carbocycles. The Hall–Kier alpha value is -1.06. The molecule has 1 aromatic carbocycles. The molecule has 0 aromatic heterocycles. The van der Waals surface area contributed by atoms with Crippen molar-refractivity contribution in [2.45, 2.75) is 32.6 Å². The summed E-state index contributed by atoms with van der Waals surface area (Å²) in [6, 6.07) is 8.91. The molecule has 1 atom stereocenters. The number of nitrogens with one attached hydrogen (secondary N) is 1. The minimum absolute atomic E-state index is 0.291. The van der Waals surface area contributed by atoms with Crippen molar-refractivity contribution in [1.29, 1.82) is 0 Å². The third kappa shape index (κ3) is 3.41. The van der Waals surface area contributed by atoms with Gasteiger partial charge in [-0.2, -0.15) is 0 Å². The second-order valence-electron chi connectivity index (χ2n) is 6.63. The number of benzene rings is 1. The summed E-state index contributed by atoms with van der Waals surface area (Å²) in [7, 11) is 0. The highest BCUT2D eigenvalue weighted by Gasteiger charge is 2.37. The number of rotatable bonds is 6. The van der Waals surface area contributed by atoms with E-state index in [2.05, 4.69) is 41.4 Å². The van der Waals surface area contributed by atoms with Gasteiger partial charge in [-0.1, -0.05) is 25.1 Å². The Morgan fingerprint density at radius 1 is 1.33 bits per heavy atom. The number of hydrogen-bond acceptors (Lipinski definition) is 3. The molecule has 1 fully saturated rings. The first-order valence-corrected chi connectivity index (χ1v) is 8.44. The summed E-state index contributed by atoms with van der Waals surface area (Å²) in [4.78, 5) is 2.60. The molecule has 0 spiro atoms. The van der Waals surface area contributed by atoms with Gasteiger partial charge in [-0.3, -0.25) is 0 Å².